The second-order valence-corrected chi connectivity index (χ2v) is 29.1. The van der Waals surface area contributed by atoms with Gasteiger partial charge in [0.05, 0.1) is 0 Å². The van der Waals surface area contributed by atoms with Crippen LogP contribution in [0.3, 0.4) is 0 Å². The van der Waals surface area contributed by atoms with Crippen LogP contribution in [-0.4, -0.2) is 0 Å². The normalized spacial score (nSPS) is 10.5. The van der Waals surface area contributed by atoms with Crippen LogP contribution in [0.15, 0.2) is 461 Å². The van der Waals surface area contributed by atoms with Crippen molar-refractivity contribution in [1.29, 1.82) is 0 Å². The molecular formula is C114H94. The van der Waals surface area contributed by atoms with E-state index >= 15 is 0 Å². The molecule has 0 saturated carbocycles. The van der Waals surface area contributed by atoms with E-state index in [0.717, 1.165) is 0 Å². The Hall–Kier alpha value is -14.0. The van der Waals surface area contributed by atoms with Gasteiger partial charge in [0.15, 0.2) is 0 Å². The quantitative estimate of drug-likeness (QED) is 0.128. The average molecular weight is 1460 g/mol. The highest BCUT2D eigenvalue weighted by molar-refractivity contribution is 5.97. The maximum absolute atomic E-state index is 2.28. The standard InChI is InChI=1S/3C25H20.C17H14.2C11H10/c1-19-9-7-13-22(17-19)24-15-5-6-16-25(24)23-14-8-12-21(18-23)20-10-3-2-4-11-20;1-19-9-5-6-16-25(19)24-15-8-14-23(18-24)22-13-7-12-21(17-22)20-10-3-2-4-11-20;1-19-10-5-6-15-23(19)25-17-8-7-16-24(25)22-14-9-13-21(18-22)20-11-3-2-4-12-20;1-13-9-11-15(12-10-13)17-8-4-6-14-5-2-3-7-16(14)17;1-9-5-4-7-10-6-2-3-8-11(9)10;1-9-6-7-10-4-2-3-5-11(10)8-9/h3*2-18H,1H3;2-12H,1H3;2*2-8H,1H3. The first-order valence-electron chi connectivity index (χ1n) is 39.4. The zero-order valence-electron chi connectivity index (χ0n) is 65.9. The van der Waals surface area contributed by atoms with E-state index in [-0.39, 0.29) is 0 Å². The molecule has 0 heteroatoms. The van der Waals surface area contributed by atoms with Crippen molar-refractivity contribution in [2.24, 2.45) is 0 Å². The molecular weight excluding hydrogens is 1370 g/mol. The van der Waals surface area contributed by atoms with Gasteiger partial charge in [0, 0.05) is 0 Å². The molecule has 0 heterocycles. The van der Waals surface area contributed by atoms with Crippen molar-refractivity contribution >= 4 is 32.3 Å². The molecule has 0 spiro atoms. The summed E-state index contributed by atoms with van der Waals surface area (Å²) in [6.45, 7) is 12.9. The Morgan fingerprint density at radius 1 is 0.114 bits per heavy atom. The molecule has 0 aliphatic rings. The summed E-state index contributed by atoms with van der Waals surface area (Å²) in [5.74, 6) is 0. The van der Waals surface area contributed by atoms with E-state index in [0.29, 0.717) is 0 Å². The molecule has 19 aromatic carbocycles. The van der Waals surface area contributed by atoms with Crippen LogP contribution in [0.2, 0.25) is 0 Å². The van der Waals surface area contributed by atoms with E-state index in [1.54, 1.807) is 0 Å². The summed E-state index contributed by atoms with van der Waals surface area (Å²) in [6, 6.07) is 163. The summed E-state index contributed by atoms with van der Waals surface area (Å²) in [5.41, 5.74) is 33.2. The Labute approximate surface area is 675 Å². The summed E-state index contributed by atoms with van der Waals surface area (Å²) < 4.78 is 0. The molecule has 0 bridgehead atoms. The number of aryl methyl sites for hydroxylation is 6. The average Bonchev–Trinajstić information content (AvgIpc) is 0.808. The van der Waals surface area contributed by atoms with Gasteiger partial charge in [-0.3, -0.25) is 0 Å². The van der Waals surface area contributed by atoms with Gasteiger partial charge in [-0.05, 0) is 226 Å². The minimum atomic E-state index is 1.25. The lowest BCUT2D eigenvalue weighted by Crippen LogP contribution is -1.88. The van der Waals surface area contributed by atoms with Crippen LogP contribution in [0.5, 0.6) is 0 Å². The van der Waals surface area contributed by atoms with Crippen LogP contribution in [-0.2, 0) is 0 Å². The molecule has 0 radical (unpaired) electrons. The second kappa shape index (κ2) is 38.1. The molecule has 114 heavy (non-hydrogen) atoms. The van der Waals surface area contributed by atoms with Crippen LogP contribution >= 0.6 is 0 Å². The fourth-order valence-electron chi connectivity index (χ4n) is 14.8. The maximum Gasteiger partial charge on any atom is -0.0103 e. The number of rotatable bonds is 10. The van der Waals surface area contributed by atoms with E-state index < -0.39 is 0 Å². The molecule has 0 aromatic heterocycles. The number of fused-ring (bicyclic) bond motifs is 3. The first-order valence-corrected chi connectivity index (χ1v) is 39.4. The monoisotopic (exact) mass is 1460 g/mol. The molecule has 0 nitrogen and oxygen atoms in total. The third-order valence-corrected chi connectivity index (χ3v) is 20.9. The summed E-state index contributed by atoms with van der Waals surface area (Å²) in [6.07, 6.45) is 0. The minimum absolute atomic E-state index is 1.25. The first-order chi connectivity index (χ1) is 56.0. The van der Waals surface area contributed by atoms with Crippen molar-refractivity contribution < 1.29 is 0 Å². The highest BCUT2D eigenvalue weighted by Gasteiger charge is 2.13. The molecule has 0 N–H and O–H groups in total. The van der Waals surface area contributed by atoms with Crippen LogP contribution in [0.4, 0.5) is 0 Å². The van der Waals surface area contributed by atoms with Gasteiger partial charge in [0.25, 0.3) is 0 Å². The van der Waals surface area contributed by atoms with Gasteiger partial charge >= 0.3 is 0 Å². The van der Waals surface area contributed by atoms with Gasteiger partial charge in [-0.25, -0.2) is 0 Å². The third kappa shape index (κ3) is 19.7. The number of hydrogen-bond acceptors (Lipinski definition) is 0. The molecule has 550 valence electrons. The van der Waals surface area contributed by atoms with Crippen LogP contribution < -0.4 is 0 Å². The van der Waals surface area contributed by atoms with Crippen molar-refractivity contribution in [1.82, 2.24) is 0 Å². The Balaban J connectivity index is 0.000000116. The lowest BCUT2D eigenvalue weighted by molar-refractivity contribution is 1.45. The van der Waals surface area contributed by atoms with Gasteiger partial charge < -0.3 is 0 Å². The lowest BCUT2D eigenvalue weighted by Gasteiger charge is -2.13. The van der Waals surface area contributed by atoms with Crippen molar-refractivity contribution in [3.8, 4) is 111 Å². The Morgan fingerprint density at radius 2 is 0.404 bits per heavy atom. The maximum atomic E-state index is 2.28. The topological polar surface area (TPSA) is 0 Å². The van der Waals surface area contributed by atoms with Crippen LogP contribution in [0.1, 0.15) is 33.4 Å². The third-order valence-electron chi connectivity index (χ3n) is 20.9. The Kier molecular flexibility index (Phi) is 25.6. The first kappa shape index (κ1) is 76.7. The molecule has 19 rings (SSSR count). The van der Waals surface area contributed by atoms with Crippen molar-refractivity contribution in [3.05, 3.63) is 494 Å². The molecule has 0 fully saturated rings. The lowest BCUT2D eigenvalue weighted by atomic mass is 9.91. The fraction of sp³-hybridized carbons (Fsp3) is 0.0526. The number of hydrogen-bond donors (Lipinski definition) is 0. The Bertz CT molecular complexity index is 6330. The van der Waals surface area contributed by atoms with E-state index in [1.165, 1.54) is 177 Å². The predicted octanol–water partition coefficient (Wildman–Crippen LogP) is 32.1. The van der Waals surface area contributed by atoms with E-state index in [1.807, 2.05) is 0 Å². The van der Waals surface area contributed by atoms with Gasteiger partial charge in [-0.15, -0.1) is 0 Å². The summed E-state index contributed by atoms with van der Waals surface area (Å²) in [4.78, 5) is 0. The summed E-state index contributed by atoms with van der Waals surface area (Å²) in [7, 11) is 0. The van der Waals surface area contributed by atoms with Crippen LogP contribution in [0.25, 0.3) is 144 Å². The molecule has 0 aliphatic carbocycles. The predicted molar refractivity (Wildman–Crippen MR) is 494 cm³/mol. The summed E-state index contributed by atoms with van der Waals surface area (Å²) in [5, 5.41) is 7.94. The van der Waals surface area contributed by atoms with Gasteiger partial charge in [0.1, 0.15) is 0 Å². The van der Waals surface area contributed by atoms with E-state index in [4.69, 9.17) is 0 Å². The van der Waals surface area contributed by atoms with Crippen molar-refractivity contribution in [2.75, 3.05) is 0 Å². The second-order valence-electron chi connectivity index (χ2n) is 29.1. The van der Waals surface area contributed by atoms with Gasteiger partial charge in [-0.2, -0.15) is 0 Å². The molecule has 19 aromatic rings. The fourth-order valence-corrected chi connectivity index (χ4v) is 14.8. The largest absolute Gasteiger partial charge is 0.0622 e. The van der Waals surface area contributed by atoms with E-state index in [9.17, 15) is 0 Å². The molecule has 0 amide bonds. The molecule has 0 saturated heterocycles. The van der Waals surface area contributed by atoms with Crippen molar-refractivity contribution in [3.63, 3.8) is 0 Å². The molecule has 0 atom stereocenters. The van der Waals surface area contributed by atoms with E-state index in [2.05, 4.69) is 503 Å². The molecule has 0 unspecified atom stereocenters. The SMILES string of the molecule is Cc1ccc(-c2cccc3ccccc23)cc1.Cc1ccc2ccccc2c1.Cc1cccc(-c2ccccc2-c2cccc(-c3ccccc3)c2)c1.Cc1cccc2ccccc12.Cc1ccccc1-c1cccc(-c2cccc(-c3ccccc3)c2)c1.Cc1ccccc1-c1ccccc1-c1cccc(-c2ccccc2)c1. The summed E-state index contributed by atoms with van der Waals surface area (Å²) >= 11 is 0. The zero-order chi connectivity index (χ0) is 78.2. The molecule has 0 aliphatic heterocycles. The van der Waals surface area contributed by atoms with Gasteiger partial charge in [0.2, 0.25) is 0 Å². The van der Waals surface area contributed by atoms with Gasteiger partial charge in [-0.1, -0.05) is 453 Å². The van der Waals surface area contributed by atoms with Crippen molar-refractivity contribution in [2.45, 2.75) is 41.5 Å². The highest BCUT2D eigenvalue weighted by atomic mass is 14.2. The number of benzene rings is 19. The minimum Gasteiger partial charge on any atom is -0.0622 e. The zero-order valence-corrected chi connectivity index (χ0v) is 65.9. The smallest absolute Gasteiger partial charge is 0.0103 e. The van der Waals surface area contributed by atoms with Crippen LogP contribution in [0, 0.1) is 41.5 Å². The highest BCUT2D eigenvalue weighted by Crippen LogP contribution is 2.39. The Morgan fingerprint density at radius 3 is 0.895 bits per heavy atom.